The fourth-order valence-electron chi connectivity index (χ4n) is 1.56. The third-order valence-corrected chi connectivity index (χ3v) is 2.46. The Morgan fingerprint density at radius 1 is 1.33 bits per heavy atom. The minimum Gasteiger partial charge on any atom is -0.454 e. The Bertz CT molecular complexity index is 538. The van der Waals surface area contributed by atoms with Crippen molar-refractivity contribution < 1.29 is 14.2 Å². The van der Waals surface area contributed by atoms with E-state index >= 15 is 0 Å². The van der Waals surface area contributed by atoms with Crippen molar-refractivity contribution in [1.82, 2.24) is 9.78 Å². The van der Waals surface area contributed by atoms with E-state index < -0.39 is 5.82 Å². The van der Waals surface area contributed by atoms with Crippen LogP contribution in [0.15, 0.2) is 30.6 Å². The van der Waals surface area contributed by atoms with Crippen LogP contribution in [0.25, 0.3) is 0 Å². The first-order valence-corrected chi connectivity index (χ1v) is 5.71. The summed E-state index contributed by atoms with van der Waals surface area (Å²) < 4.78 is 20.5. The highest BCUT2D eigenvalue weighted by Gasteiger charge is 2.06. The maximum Gasteiger partial charge on any atom is 0.165 e. The summed E-state index contributed by atoms with van der Waals surface area (Å²) in [7, 11) is 0. The van der Waals surface area contributed by atoms with Gasteiger partial charge in [0, 0.05) is 12.1 Å². The van der Waals surface area contributed by atoms with Crippen LogP contribution in [-0.4, -0.2) is 14.9 Å². The molecule has 0 saturated heterocycles. The number of aliphatic hydroxyl groups is 1. The maximum absolute atomic E-state index is 13.2. The molecule has 5 heteroatoms. The molecule has 0 unspecified atom stereocenters. The molecule has 0 aliphatic carbocycles. The van der Waals surface area contributed by atoms with Crippen molar-refractivity contribution in [2.45, 2.75) is 26.5 Å². The van der Waals surface area contributed by atoms with Gasteiger partial charge in [-0.2, -0.15) is 5.10 Å². The number of nitrogens with zero attached hydrogens (tertiary/aromatic N) is 2. The topological polar surface area (TPSA) is 47.3 Å². The fraction of sp³-hybridized carbons (Fsp3) is 0.308. The van der Waals surface area contributed by atoms with Crippen molar-refractivity contribution in [2.24, 2.45) is 0 Å². The monoisotopic (exact) mass is 250 g/mol. The van der Waals surface area contributed by atoms with E-state index in [2.05, 4.69) is 5.10 Å². The molecule has 0 spiro atoms. The van der Waals surface area contributed by atoms with E-state index in [0.717, 1.165) is 0 Å². The van der Waals surface area contributed by atoms with E-state index in [1.54, 1.807) is 23.1 Å². The van der Waals surface area contributed by atoms with Crippen molar-refractivity contribution in [2.75, 3.05) is 0 Å². The Hall–Kier alpha value is -1.88. The first-order chi connectivity index (χ1) is 8.58. The van der Waals surface area contributed by atoms with Gasteiger partial charge in [0.05, 0.1) is 19.0 Å². The molecule has 1 aromatic carbocycles. The summed E-state index contributed by atoms with van der Waals surface area (Å²) in [6, 6.07) is 4.37. The van der Waals surface area contributed by atoms with Crippen molar-refractivity contribution in [3.8, 4) is 11.5 Å². The summed E-state index contributed by atoms with van der Waals surface area (Å²) >= 11 is 0. The smallest absolute Gasteiger partial charge is 0.165 e. The molecule has 0 saturated carbocycles. The number of benzene rings is 1. The molecule has 1 N–H and O–H groups in total. The van der Waals surface area contributed by atoms with Gasteiger partial charge in [-0.3, -0.25) is 4.68 Å². The zero-order valence-electron chi connectivity index (χ0n) is 10.3. The summed E-state index contributed by atoms with van der Waals surface area (Å²) in [6.45, 7) is 3.78. The minimum atomic E-state index is -0.437. The van der Waals surface area contributed by atoms with Gasteiger partial charge in [0.1, 0.15) is 11.6 Å². The Morgan fingerprint density at radius 3 is 2.72 bits per heavy atom. The molecule has 2 aromatic rings. The molecular weight excluding hydrogens is 235 g/mol. The lowest BCUT2D eigenvalue weighted by atomic mass is 10.2. The molecule has 18 heavy (non-hydrogen) atoms. The quantitative estimate of drug-likeness (QED) is 0.907. The first kappa shape index (κ1) is 12.6. The Balaban J connectivity index is 2.19. The number of hydrogen-bond donors (Lipinski definition) is 1. The van der Waals surface area contributed by atoms with Gasteiger partial charge in [-0.05, 0) is 31.5 Å². The Morgan fingerprint density at radius 2 is 2.11 bits per heavy atom. The van der Waals surface area contributed by atoms with Gasteiger partial charge in [0.15, 0.2) is 5.75 Å². The van der Waals surface area contributed by atoms with Gasteiger partial charge in [-0.25, -0.2) is 4.39 Å². The molecule has 1 aromatic heterocycles. The van der Waals surface area contributed by atoms with Gasteiger partial charge in [0.2, 0.25) is 0 Å². The number of hydrogen-bond acceptors (Lipinski definition) is 3. The van der Waals surface area contributed by atoms with E-state index in [1.165, 1.54) is 12.1 Å². The Kier molecular flexibility index (Phi) is 3.62. The molecule has 0 atom stereocenters. The van der Waals surface area contributed by atoms with Crippen molar-refractivity contribution in [1.29, 1.82) is 0 Å². The number of aliphatic hydroxyl groups excluding tert-OH is 1. The second kappa shape index (κ2) is 5.18. The second-order valence-corrected chi connectivity index (χ2v) is 4.31. The standard InChI is InChI=1S/C13H15FN2O2/c1-9(2)16-7-13(6-15-16)18-12-4-10(8-17)3-11(14)5-12/h3-7,9,17H,8H2,1-2H3. The molecule has 0 aliphatic heterocycles. The number of rotatable bonds is 4. The van der Waals surface area contributed by atoms with E-state index in [9.17, 15) is 4.39 Å². The van der Waals surface area contributed by atoms with E-state index in [0.29, 0.717) is 17.1 Å². The highest BCUT2D eigenvalue weighted by Crippen LogP contribution is 2.24. The van der Waals surface area contributed by atoms with E-state index in [-0.39, 0.29) is 12.6 Å². The number of halogens is 1. The van der Waals surface area contributed by atoms with Gasteiger partial charge in [-0.1, -0.05) is 0 Å². The molecule has 4 nitrogen and oxygen atoms in total. The molecule has 0 fully saturated rings. The average molecular weight is 250 g/mol. The Labute approximate surface area is 105 Å². The summed E-state index contributed by atoms with van der Waals surface area (Å²) in [5.74, 6) is 0.452. The fourth-order valence-corrected chi connectivity index (χ4v) is 1.56. The molecule has 0 bridgehead atoms. The SMILES string of the molecule is CC(C)n1cc(Oc2cc(F)cc(CO)c2)cn1. The van der Waals surface area contributed by atoms with E-state index in [4.69, 9.17) is 9.84 Å². The van der Waals surface area contributed by atoms with Crippen LogP contribution < -0.4 is 4.74 Å². The van der Waals surface area contributed by atoms with Gasteiger partial charge >= 0.3 is 0 Å². The zero-order chi connectivity index (χ0) is 13.1. The third kappa shape index (κ3) is 2.87. The summed E-state index contributed by atoms with van der Waals surface area (Å²) in [4.78, 5) is 0. The average Bonchev–Trinajstić information content (AvgIpc) is 2.76. The van der Waals surface area contributed by atoms with Crippen LogP contribution in [0.4, 0.5) is 4.39 Å². The molecule has 1 heterocycles. The predicted octanol–water partition coefficient (Wildman–Crippen LogP) is 2.89. The molecule has 0 aliphatic rings. The van der Waals surface area contributed by atoms with Gasteiger partial charge in [-0.15, -0.1) is 0 Å². The number of ether oxygens (including phenoxy) is 1. The van der Waals surface area contributed by atoms with Crippen LogP contribution in [0.3, 0.4) is 0 Å². The molecule has 0 radical (unpaired) electrons. The van der Waals surface area contributed by atoms with Gasteiger partial charge in [0.25, 0.3) is 0 Å². The second-order valence-electron chi connectivity index (χ2n) is 4.31. The van der Waals surface area contributed by atoms with Crippen LogP contribution in [-0.2, 0) is 6.61 Å². The zero-order valence-corrected chi connectivity index (χ0v) is 10.3. The van der Waals surface area contributed by atoms with Crippen molar-refractivity contribution >= 4 is 0 Å². The first-order valence-electron chi connectivity index (χ1n) is 5.71. The maximum atomic E-state index is 13.2. The lowest BCUT2D eigenvalue weighted by molar-refractivity contribution is 0.280. The molecular formula is C13H15FN2O2. The molecule has 96 valence electrons. The van der Waals surface area contributed by atoms with E-state index in [1.807, 2.05) is 13.8 Å². The third-order valence-electron chi connectivity index (χ3n) is 2.46. The predicted molar refractivity (Wildman–Crippen MR) is 65.0 cm³/mol. The summed E-state index contributed by atoms with van der Waals surface area (Å²) in [5, 5.41) is 13.1. The van der Waals surface area contributed by atoms with Gasteiger partial charge < -0.3 is 9.84 Å². The molecule has 0 amide bonds. The minimum absolute atomic E-state index is 0.223. The molecule has 2 rings (SSSR count). The van der Waals surface area contributed by atoms with Crippen LogP contribution >= 0.6 is 0 Å². The lowest BCUT2D eigenvalue weighted by Gasteiger charge is -2.06. The van der Waals surface area contributed by atoms with Crippen LogP contribution in [0.5, 0.6) is 11.5 Å². The summed E-state index contributed by atoms with van der Waals surface area (Å²) in [6.07, 6.45) is 3.32. The van der Waals surface area contributed by atoms with Crippen molar-refractivity contribution in [3.63, 3.8) is 0 Å². The highest BCUT2D eigenvalue weighted by molar-refractivity contribution is 5.32. The highest BCUT2D eigenvalue weighted by atomic mass is 19.1. The normalized spacial score (nSPS) is 10.9. The largest absolute Gasteiger partial charge is 0.454 e. The van der Waals surface area contributed by atoms with Crippen LogP contribution in [0.1, 0.15) is 25.5 Å². The van der Waals surface area contributed by atoms with Crippen LogP contribution in [0.2, 0.25) is 0 Å². The summed E-state index contributed by atoms with van der Waals surface area (Å²) in [5.41, 5.74) is 0.473. The van der Waals surface area contributed by atoms with Crippen molar-refractivity contribution in [3.05, 3.63) is 42.0 Å². The van der Waals surface area contributed by atoms with Crippen LogP contribution in [0, 0.1) is 5.82 Å². The number of aromatic nitrogens is 2. The lowest BCUT2D eigenvalue weighted by Crippen LogP contribution is -1.99.